The Bertz CT molecular complexity index is 606. The first-order valence-corrected chi connectivity index (χ1v) is 7.56. The second kappa shape index (κ2) is 5.17. The summed E-state index contributed by atoms with van der Waals surface area (Å²) in [6, 6.07) is 8.59. The van der Waals surface area contributed by atoms with Crippen LogP contribution in [-0.4, -0.2) is 19.8 Å². The van der Waals surface area contributed by atoms with Crippen molar-refractivity contribution in [3.8, 4) is 0 Å². The number of rotatable bonds is 4. The van der Waals surface area contributed by atoms with Crippen LogP contribution in [0.2, 0.25) is 0 Å². The van der Waals surface area contributed by atoms with Crippen molar-refractivity contribution < 1.29 is 12.8 Å². The molecule has 0 N–H and O–H groups in total. The molecule has 6 heteroatoms. The molecule has 0 aliphatic rings. The lowest BCUT2D eigenvalue weighted by Gasteiger charge is -2.16. The van der Waals surface area contributed by atoms with Crippen molar-refractivity contribution in [1.29, 1.82) is 0 Å². The van der Waals surface area contributed by atoms with E-state index < -0.39 is 15.8 Å². The Morgan fingerprint density at radius 3 is 2.44 bits per heavy atom. The molecule has 96 valence electrons. The summed E-state index contributed by atoms with van der Waals surface area (Å²) in [6.07, 6.45) is 0. The molecule has 0 amide bonds. The van der Waals surface area contributed by atoms with Crippen molar-refractivity contribution in [3.63, 3.8) is 0 Å². The minimum Gasteiger partial charge on any atom is -0.207 e. The van der Waals surface area contributed by atoms with E-state index in [0.29, 0.717) is 6.54 Å². The topological polar surface area (TPSA) is 37.4 Å². The fraction of sp³-hybridized carbons (Fsp3) is 0.167. The molecule has 0 radical (unpaired) electrons. The lowest BCUT2D eigenvalue weighted by Crippen LogP contribution is -2.26. The van der Waals surface area contributed by atoms with Crippen molar-refractivity contribution in [1.82, 2.24) is 4.31 Å². The van der Waals surface area contributed by atoms with Gasteiger partial charge in [-0.05, 0) is 35.7 Å². The number of thiophene rings is 1. The molecule has 0 fully saturated rings. The highest BCUT2D eigenvalue weighted by Crippen LogP contribution is 2.19. The first-order chi connectivity index (χ1) is 8.50. The van der Waals surface area contributed by atoms with Gasteiger partial charge in [-0.2, -0.15) is 4.31 Å². The largest absolute Gasteiger partial charge is 0.243 e. The van der Waals surface area contributed by atoms with Gasteiger partial charge in [-0.3, -0.25) is 0 Å². The Balaban J connectivity index is 2.22. The van der Waals surface area contributed by atoms with Crippen LogP contribution in [0.3, 0.4) is 0 Å². The third-order valence-corrected chi connectivity index (χ3v) is 5.16. The Morgan fingerprint density at radius 2 is 1.89 bits per heavy atom. The monoisotopic (exact) mass is 285 g/mol. The zero-order chi connectivity index (χ0) is 13.2. The van der Waals surface area contributed by atoms with E-state index in [1.54, 1.807) is 0 Å². The number of hydrogen-bond donors (Lipinski definition) is 0. The molecule has 0 spiro atoms. The van der Waals surface area contributed by atoms with Gasteiger partial charge in [0.25, 0.3) is 0 Å². The molecule has 0 saturated heterocycles. The number of nitrogens with zero attached hydrogens (tertiary/aromatic N) is 1. The van der Waals surface area contributed by atoms with Gasteiger partial charge in [-0.1, -0.05) is 6.07 Å². The van der Waals surface area contributed by atoms with E-state index in [1.807, 2.05) is 17.5 Å². The second-order valence-corrected chi connectivity index (χ2v) is 6.87. The third kappa shape index (κ3) is 2.77. The van der Waals surface area contributed by atoms with Crippen LogP contribution in [0.1, 0.15) is 4.88 Å². The lowest BCUT2D eigenvalue weighted by molar-refractivity contribution is 0.469. The fourth-order valence-corrected chi connectivity index (χ4v) is 3.48. The molecule has 1 aromatic heterocycles. The molecule has 2 rings (SSSR count). The van der Waals surface area contributed by atoms with Crippen LogP contribution in [0.5, 0.6) is 0 Å². The molecule has 0 bridgehead atoms. The van der Waals surface area contributed by atoms with Crippen molar-refractivity contribution in [2.45, 2.75) is 11.4 Å². The van der Waals surface area contributed by atoms with Gasteiger partial charge in [0, 0.05) is 18.5 Å². The van der Waals surface area contributed by atoms with Gasteiger partial charge < -0.3 is 0 Å². The normalized spacial score (nSPS) is 11.9. The van der Waals surface area contributed by atoms with Crippen LogP contribution in [0.15, 0.2) is 46.7 Å². The molecule has 3 nitrogen and oxygen atoms in total. The summed E-state index contributed by atoms with van der Waals surface area (Å²) in [6.45, 7) is 0.317. The lowest BCUT2D eigenvalue weighted by atomic mass is 10.4. The van der Waals surface area contributed by atoms with Crippen LogP contribution >= 0.6 is 11.3 Å². The number of halogens is 1. The Morgan fingerprint density at radius 1 is 1.22 bits per heavy atom. The maximum Gasteiger partial charge on any atom is 0.243 e. The maximum atomic E-state index is 12.8. The molecule has 0 aliphatic heterocycles. The van der Waals surface area contributed by atoms with Crippen LogP contribution in [0.4, 0.5) is 4.39 Å². The fourth-order valence-electron chi connectivity index (χ4n) is 1.49. The van der Waals surface area contributed by atoms with E-state index in [-0.39, 0.29) is 4.90 Å². The maximum absolute atomic E-state index is 12.8. The highest BCUT2D eigenvalue weighted by atomic mass is 32.2. The second-order valence-electron chi connectivity index (χ2n) is 3.79. The predicted molar refractivity (Wildman–Crippen MR) is 69.4 cm³/mol. The molecule has 1 aromatic carbocycles. The van der Waals surface area contributed by atoms with Crippen molar-refractivity contribution in [2.24, 2.45) is 0 Å². The van der Waals surface area contributed by atoms with E-state index in [4.69, 9.17) is 0 Å². The van der Waals surface area contributed by atoms with E-state index >= 15 is 0 Å². The summed E-state index contributed by atoms with van der Waals surface area (Å²) >= 11 is 1.50. The summed E-state index contributed by atoms with van der Waals surface area (Å²) in [7, 11) is -2.05. The highest BCUT2D eigenvalue weighted by molar-refractivity contribution is 7.89. The van der Waals surface area contributed by atoms with Crippen LogP contribution in [0, 0.1) is 5.82 Å². The number of benzene rings is 1. The highest BCUT2D eigenvalue weighted by Gasteiger charge is 2.20. The van der Waals surface area contributed by atoms with Gasteiger partial charge in [0.2, 0.25) is 10.0 Å². The molecule has 1 heterocycles. The Hall–Kier alpha value is -1.24. The zero-order valence-electron chi connectivity index (χ0n) is 9.71. The number of sulfonamides is 1. The van der Waals surface area contributed by atoms with E-state index in [0.717, 1.165) is 17.0 Å². The van der Waals surface area contributed by atoms with E-state index in [1.165, 1.54) is 34.8 Å². The molecule has 18 heavy (non-hydrogen) atoms. The standard InChI is InChI=1S/C12H12FNO2S2/c1-14(9-11-3-2-8-17-11)18(15,16)12-6-4-10(13)5-7-12/h2-8H,9H2,1H3. The van der Waals surface area contributed by atoms with Gasteiger partial charge in [0.15, 0.2) is 0 Å². The molecular formula is C12H12FNO2S2. The van der Waals surface area contributed by atoms with Crippen molar-refractivity contribution in [2.75, 3.05) is 7.05 Å². The van der Waals surface area contributed by atoms with Crippen LogP contribution < -0.4 is 0 Å². The molecular weight excluding hydrogens is 273 g/mol. The third-order valence-electron chi connectivity index (χ3n) is 2.48. The average Bonchev–Trinajstić information content (AvgIpc) is 2.82. The minimum atomic E-state index is -3.56. The van der Waals surface area contributed by atoms with Gasteiger partial charge >= 0.3 is 0 Å². The van der Waals surface area contributed by atoms with E-state index in [9.17, 15) is 12.8 Å². The van der Waals surface area contributed by atoms with Gasteiger partial charge in [-0.15, -0.1) is 11.3 Å². The zero-order valence-corrected chi connectivity index (χ0v) is 11.3. The van der Waals surface area contributed by atoms with Crippen LogP contribution in [0.25, 0.3) is 0 Å². The summed E-state index contributed by atoms with van der Waals surface area (Å²) in [5, 5.41) is 1.90. The summed E-state index contributed by atoms with van der Waals surface area (Å²) in [4.78, 5) is 1.06. The average molecular weight is 285 g/mol. The molecule has 0 aliphatic carbocycles. The predicted octanol–water partition coefficient (Wildman–Crippen LogP) is 2.71. The van der Waals surface area contributed by atoms with Crippen molar-refractivity contribution >= 4 is 21.4 Å². The minimum absolute atomic E-state index is 0.1000. The summed E-state index contributed by atoms with van der Waals surface area (Å²) < 4.78 is 38.4. The summed E-state index contributed by atoms with van der Waals surface area (Å²) in [5.74, 6) is -0.449. The van der Waals surface area contributed by atoms with E-state index in [2.05, 4.69) is 0 Å². The quantitative estimate of drug-likeness (QED) is 0.866. The SMILES string of the molecule is CN(Cc1cccs1)S(=O)(=O)c1ccc(F)cc1. The molecule has 0 atom stereocenters. The van der Waals surface area contributed by atoms with Gasteiger partial charge in [-0.25, -0.2) is 12.8 Å². The smallest absolute Gasteiger partial charge is 0.207 e. The first kappa shape index (κ1) is 13.2. The molecule has 0 saturated carbocycles. The molecule has 2 aromatic rings. The van der Waals surface area contributed by atoms with Gasteiger partial charge in [0.1, 0.15) is 5.82 Å². The van der Waals surface area contributed by atoms with Crippen molar-refractivity contribution in [3.05, 3.63) is 52.5 Å². The van der Waals surface area contributed by atoms with Gasteiger partial charge in [0.05, 0.1) is 4.90 Å². The first-order valence-electron chi connectivity index (χ1n) is 5.24. The molecule has 0 unspecified atom stereocenters. The van der Waals surface area contributed by atoms with Crippen LogP contribution in [-0.2, 0) is 16.6 Å². The number of hydrogen-bond acceptors (Lipinski definition) is 3. The Kier molecular flexibility index (Phi) is 3.79. The Labute approximate surface area is 110 Å². The summed E-state index contributed by atoms with van der Waals surface area (Å²) in [5.41, 5.74) is 0.